The third-order valence-corrected chi connectivity index (χ3v) is 8.65. The Morgan fingerprint density at radius 3 is 2.50 bits per heavy atom. The Morgan fingerprint density at radius 1 is 1.09 bits per heavy atom. The van der Waals surface area contributed by atoms with Crippen LogP contribution < -0.4 is 15.4 Å². The molecule has 13 heteroatoms. The summed E-state index contributed by atoms with van der Waals surface area (Å²) in [5.41, 5.74) is 1.36. The van der Waals surface area contributed by atoms with Crippen LogP contribution in [0.1, 0.15) is 25.0 Å². The highest BCUT2D eigenvalue weighted by Crippen LogP contribution is 2.31. The molecule has 1 aromatic heterocycles. The van der Waals surface area contributed by atoms with Crippen molar-refractivity contribution in [1.82, 2.24) is 9.47 Å². The Labute approximate surface area is 255 Å². The lowest BCUT2D eigenvalue weighted by molar-refractivity contribution is -0.140. The van der Waals surface area contributed by atoms with Crippen LogP contribution in [-0.2, 0) is 25.9 Å². The number of amides is 1. The number of ether oxygens (including phenoxy) is 2. The summed E-state index contributed by atoms with van der Waals surface area (Å²) in [5, 5.41) is 6.39. The number of rotatable bonds is 11. The summed E-state index contributed by atoms with van der Waals surface area (Å²) in [7, 11) is -0.360. The molecule has 2 N–H and O–H groups in total. The first-order chi connectivity index (χ1) is 20.9. The molecule has 3 aromatic rings. The van der Waals surface area contributed by atoms with E-state index in [0.29, 0.717) is 35.3 Å². The van der Waals surface area contributed by atoms with Crippen molar-refractivity contribution < 1.29 is 35.9 Å². The zero-order chi connectivity index (χ0) is 31.9. The van der Waals surface area contributed by atoms with Crippen LogP contribution in [-0.4, -0.2) is 83.2 Å². The number of likely N-dealkylation sites (tertiary alicyclic amines) is 1. The molecule has 2 heterocycles. The SMILES string of the molecule is COCCN1CCC(CC(=O)Nc2cccc3c2cc(C#CCNc2ccc(S(C)(=O)=O)cc2OC)n3CC(F)(F)F)CC1. The number of halogens is 3. The number of hydrogen-bond donors (Lipinski definition) is 2. The van der Waals surface area contributed by atoms with E-state index in [1.807, 2.05) is 0 Å². The number of fused-ring (bicyclic) bond motifs is 1. The number of methoxy groups -OCH3 is 2. The highest BCUT2D eigenvalue weighted by atomic mass is 32.2. The van der Waals surface area contributed by atoms with Gasteiger partial charge >= 0.3 is 6.18 Å². The molecule has 9 nitrogen and oxygen atoms in total. The predicted octanol–water partition coefficient (Wildman–Crippen LogP) is 4.77. The predicted molar refractivity (Wildman–Crippen MR) is 164 cm³/mol. The summed E-state index contributed by atoms with van der Waals surface area (Å²) in [4.78, 5) is 15.4. The summed E-state index contributed by atoms with van der Waals surface area (Å²) in [6, 6.07) is 10.8. The second-order valence-electron chi connectivity index (χ2n) is 10.8. The number of sulfone groups is 1. The van der Waals surface area contributed by atoms with E-state index in [9.17, 15) is 26.4 Å². The Kier molecular flexibility index (Phi) is 10.8. The summed E-state index contributed by atoms with van der Waals surface area (Å²) in [6.07, 6.45) is -1.28. The van der Waals surface area contributed by atoms with Crippen LogP contribution in [0.3, 0.4) is 0 Å². The molecule has 1 fully saturated rings. The second-order valence-corrected chi connectivity index (χ2v) is 12.8. The quantitative estimate of drug-likeness (QED) is 0.293. The maximum atomic E-state index is 13.6. The van der Waals surface area contributed by atoms with Gasteiger partial charge in [0.05, 0.1) is 47.7 Å². The van der Waals surface area contributed by atoms with E-state index in [1.54, 1.807) is 31.4 Å². The monoisotopic (exact) mass is 634 g/mol. The first-order valence-electron chi connectivity index (χ1n) is 14.2. The number of carbonyl (C=O) groups is 1. The van der Waals surface area contributed by atoms with Gasteiger partial charge in [0.2, 0.25) is 5.91 Å². The normalized spacial score (nSPS) is 14.7. The highest BCUT2D eigenvalue weighted by Gasteiger charge is 2.30. The first-order valence-corrected chi connectivity index (χ1v) is 16.1. The summed E-state index contributed by atoms with van der Waals surface area (Å²) < 4.78 is 75.9. The van der Waals surface area contributed by atoms with Crippen molar-refractivity contribution in [2.75, 3.05) is 63.9 Å². The van der Waals surface area contributed by atoms with Gasteiger partial charge in [-0.3, -0.25) is 4.79 Å². The van der Waals surface area contributed by atoms with Crippen molar-refractivity contribution in [3.8, 4) is 17.6 Å². The number of alkyl halides is 3. The number of aromatic nitrogens is 1. The van der Waals surface area contributed by atoms with E-state index >= 15 is 0 Å². The number of nitrogens with zero attached hydrogens (tertiary/aromatic N) is 2. The number of benzene rings is 2. The van der Waals surface area contributed by atoms with E-state index in [4.69, 9.17) is 9.47 Å². The molecule has 1 aliphatic rings. The van der Waals surface area contributed by atoms with Crippen molar-refractivity contribution in [2.45, 2.75) is 36.9 Å². The minimum atomic E-state index is -4.49. The molecule has 0 spiro atoms. The molecular weight excluding hydrogens is 597 g/mol. The smallest absolute Gasteiger partial charge is 0.406 e. The molecule has 0 aliphatic carbocycles. The van der Waals surface area contributed by atoms with Gasteiger partial charge in [0.15, 0.2) is 9.84 Å². The van der Waals surface area contributed by atoms with Crippen molar-refractivity contribution >= 4 is 38.0 Å². The summed E-state index contributed by atoms with van der Waals surface area (Å²) in [6.45, 7) is 2.13. The lowest BCUT2D eigenvalue weighted by atomic mass is 9.93. The van der Waals surface area contributed by atoms with Gasteiger partial charge in [0.1, 0.15) is 12.3 Å². The first kappa shape index (κ1) is 33.2. The molecule has 1 amide bonds. The van der Waals surface area contributed by atoms with E-state index < -0.39 is 22.6 Å². The summed E-state index contributed by atoms with van der Waals surface area (Å²) in [5.74, 6) is 6.01. The van der Waals surface area contributed by atoms with E-state index in [1.165, 1.54) is 25.3 Å². The molecule has 0 atom stereocenters. The molecule has 1 saturated heterocycles. The average molecular weight is 635 g/mol. The largest absolute Gasteiger partial charge is 0.495 e. The van der Waals surface area contributed by atoms with E-state index in [0.717, 1.165) is 43.3 Å². The maximum absolute atomic E-state index is 13.6. The number of nitrogens with one attached hydrogen (secondary N) is 2. The number of piperidine rings is 1. The standard InChI is InChI=1S/C31H37F3N4O5S/c1-42-17-16-37-14-11-22(12-15-37)18-30(39)36-26-7-4-8-28-25(26)19-23(38(28)21-31(32,33)34)6-5-13-35-27-10-9-24(44(3,40)41)20-29(27)43-2/h4,7-10,19-20,22,35H,11-18,21H2,1-3H3,(H,36,39). The van der Waals surface area contributed by atoms with Crippen molar-refractivity contribution in [2.24, 2.45) is 5.92 Å². The van der Waals surface area contributed by atoms with Gasteiger partial charge < -0.3 is 29.6 Å². The van der Waals surface area contributed by atoms with Crippen LogP contribution in [0.2, 0.25) is 0 Å². The number of anilines is 2. The van der Waals surface area contributed by atoms with E-state index in [-0.39, 0.29) is 34.7 Å². The third kappa shape index (κ3) is 8.90. The fourth-order valence-electron chi connectivity index (χ4n) is 5.27. The Hall–Kier alpha value is -3.73. The molecule has 238 valence electrons. The number of hydrogen-bond acceptors (Lipinski definition) is 7. The highest BCUT2D eigenvalue weighted by molar-refractivity contribution is 7.90. The topological polar surface area (TPSA) is 102 Å². The van der Waals surface area contributed by atoms with Crippen molar-refractivity contribution in [1.29, 1.82) is 0 Å². The molecule has 4 rings (SSSR count). The van der Waals surface area contributed by atoms with Gasteiger partial charge in [-0.1, -0.05) is 12.0 Å². The maximum Gasteiger partial charge on any atom is 0.406 e. The Morgan fingerprint density at radius 2 is 1.84 bits per heavy atom. The molecule has 0 unspecified atom stereocenters. The van der Waals surface area contributed by atoms with Crippen LogP contribution in [0.4, 0.5) is 24.5 Å². The fourth-order valence-corrected chi connectivity index (χ4v) is 5.90. The molecular formula is C31H37F3N4O5S. The van der Waals surface area contributed by atoms with E-state index in [2.05, 4.69) is 27.4 Å². The fraction of sp³-hybridized carbons (Fsp3) is 0.452. The van der Waals surface area contributed by atoms with Crippen LogP contribution in [0.25, 0.3) is 10.9 Å². The van der Waals surface area contributed by atoms with Gasteiger partial charge in [-0.25, -0.2) is 8.42 Å². The van der Waals surface area contributed by atoms with Crippen LogP contribution >= 0.6 is 0 Å². The molecule has 1 aliphatic heterocycles. The lowest BCUT2D eigenvalue weighted by Crippen LogP contribution is -2.36. The molecule has 2 aromatic carbocycles. The molecule has 0 saturated carbocycles. The van der Waals surface area contributed by atoms with Crippen LogP contribution in [0.15, 0.2) is 47.4 Å². The minimum Gasteiger partial charge on any atom is -0.495 e. The molecule has 0 bridgehead atoms. The number of carbonyl (C=O) groups excluding carboxylic acids is 1. The minimum absolute atomic E-state index is 0.0516. The van der Waals surface area contributed by atoms with Crippen molar-refractivity contribution in [3.05, 3.63) is 48.2 Å². The van der Waals surface area contributed by atoms with Gasteiger partial charge in [0, 0.05) is 37.8 Å². The second kappa shape index (κ2) is 14.4. The molecule has 0 radical (unpaired) electrons. The zero-order valence-corrected chi connectivity index (χ0v) is 25.8. The lowest BCUT2D eigenvalue weighted by Gasteiger charge is -2.31. The van der Waals surface area contributed by atoms with Crippen LogP contribution in [0.5, 0.6) is 5.75 Å². The van der Waals surface area contributed by atoms with Crippen molar-refractivity contribution in [3.63, 3.8) is 0 Å². The Bertz CT molecular complexity index is 1640. The van der Waals surface area contributed by atoms with Crippen LogP contribution in [0, 0.1) is 17.8 Å². The van der Waals surface area contributed by atoms with Gasteiger partial charge in [0.25, 0.3) is 0 Å². The molecule has 44 heavy (non-hydrogen) atoms. The van der Waals surface area contributed by atoms with Gasteiger partial charge in [-0.15, -0.1) is 0 Å². The average Bonchev–Trinajstić information content (AvgIpc) is 3.31. The Balaban J connectivity index is 1.50. The third-order valence-electron chi connectivity index (χ3n) is 7.53. The zero-order valence-electron chi connectivity index (χ0n) is 25.0. The van der Waals surface area contributed by atoms with Gasteiger partial charge in [-0.05, 0) is 68.1 Å². The van der Waals surface area contributed by atoms with Gasteiger partial charge in [-0.2, -0.15) is 13.2 Å². The summed E-state index contributed by atoms with van der Waals surface area (Å²) >= 11 is 0.